The lowest BCUT2D eigenvalue weighted by molar-refractivity contribution is 0.120. The van der Waals surface area contributed by atoms with Crippen LogP contribution in [0.3, 0.4) is 0 Å². The van der Waals surface area contributed by atoms with Gasteiger partial charge in [0, 0.05) is 44.0 Å². The third-order valence-corrected chi connectivity index (χ3v) is 3.83. The number of nitrogens with zero attached hydrogens (tertiary/aromatic N) is 3. The highest BCUT2D eigenvalue weighted by Gasteiger charge is 2.37. The number of fused-ring (bicyclic) bond motifs is 1. The Morgan fingerprint density at radius 3 is 3.16 bits per heavy atom. The lowest BCUT2D eigenvalue weighted by Crippen LogP contribution is -2.52. The molecule has 3 rings (SSSR count). The number of piperazine rings is 1. The number of aryl methyl sites for hydroxylation is 1. The van der Waals surface area contributed by atoms with Gasteiger partial charge in [-0.2, -0.15) is 0 Å². The second kappa shape index (κ2) is 5.17. The van der Waals surface area contributed by atoms with E-state index in [9.17, 15) is 4.79 Å². The molecule has 1 aromatic rings. The van der Waals surface area contributed by atoms with Crippen molar-refractivity contribution in [1.29, 1.82) is 0 Å². The average Bonchev–Trinajstić information content (AvgIpc) is 2.78. The first-order valence-corrected chi connectivity index (χ1v) is 6.80. The Hall–Kier alpha value is -1.62. The van der Waals surface area contributed by atoms with E-state index < -0.39 is 0 Å². The zero-order chi connectivity index (χ0) is 13.2. The molecule has 0 aromatic carbocycles. The first-order chi connectivity index (χ1) is 9.22. The van der Waals surface area contributed by atoms with Gasteiger partial charge in [0.05, 0.1) is 6.04 Å². The molecule has 0 saturated carbocycles. The largest absolute Gasteiger partial charge is 0.447 e. The van der Waals surface area contributed by atoms with Crippen LogP contribution in [0.1, 0.15) is 11.4 Å². The van der Waals surface area contributed by atoms with Crippen LogP contribution >= 0.6 is 0 Å². The van der Waals surface area contributed by atoms with Crippen LogP contribution < -0.4 is 0 Å². The highest BCUT2D eigenvalue weighted by molar-refractivity contribution is 5.70. The van der Waals surface area contributed by atoms with E-state index in [4.69, 9.17) is 4.74 Å². The van der Waals surface area contributed by atoms with Crippen molar-refractivity contribution in [2.24, 2.45) is 0 Å². The minimum atomic E-state index is -0.148. The molecular weight excluding hydrogens is 242 g/mol. The fourth-order valence-corrected chi connectivity index (χ4v) is 2.77. The van der Waals surface area contributed by atoms with Gasteiger partial charge in [0.1, 0.15) is 6.61 Å². The first kappa shape index (κ1) is 12.4. The maximum Gasteiger partial charge on any atom is 0.410 e. The zero-order valence-corrected chi connectivity index (χ0v) is 11.2. The third-order valence-electron chi connectivity index (χ3n) is 3.83. The summed E-state index contributed by atoms with van der Waals surface area (Å²) in [6.45, 7) is 6.18. The zero-order valence-electron chi connectivity index (χ0n) is 11.2. The lowest BCUT2D eigenvalue weighted by Gasteiger charge is -2.35. The minimum Gasteiger partial charge on any atom is -0.447 e. The van der Waals surface area contributed by atoms with Crippen molar-refractivity contribution in [3.63, 3.8) is 0 Å². The van der Waals surface area contributed by atoms with Crippen LogP contribution in [-0.2, 0) is 11.2 Å². The van der Waals surface area contributed by atoms with E-state index in [-0.39, 0.29) is 12.1 Å². The van der Waals surface area contributed by atoms with Gasteiger partial charge in [0.15, 0.2) is 0 Å². The SMILES string of the molecule is Cc1cccc(CCN2CCN3C(=O)OCC3C2)n1. The molecule has 1 atom stereocenters. The number of hydrogen-bond donors (Lipinski definition) is 0. The van der Waals surface area contributed by atoms with E-state index in [2.05, 4.69) is 22.0 Å². The van der Waals surface area contributed by atoms with Gasteiger partial charge < -0.3 is 4.74 Å². The molecule has 0 spiro atoms. The Labute approximate surface area is 113 Å². The van der Waals surface area contributed by atoms with E-state index >= 15 is 0 Å². The van der Waals surface area contributed by atoms with Gasteiger partial charge in [-0.3, -0.25) is 14.8 Å². The molecular formula is C14H19N3O2. The molecule has 2 aliphatic rings. The molecule has 1 amide bonds. The van der Waals surface area contributed by atoms with Crippen molar-refractivity contribution in [2.45, 2.75) is 19.4 Å². The molecule has 0 N–H and O–H groups in total. The fourth-order valence-electron chi connectivity index (χ4n) is 2.77. The second-order valence-electron chi connectivity index (χ2n) is 5.25. The molecule has 2 fully saturated rings. The van der Waals surface area contributed by atoms with Crippen LogP contribution in [0.5, 0.6) is 0 Å². The van der Waals surface area contributed by atoms with Crippen LogP contribution in [0.25, 0.3) is 0 Å². The number of ether oxygens (including phenoxy) is 1. The Morgan fingerprint density at radius 1 is 1.42 bits per heavy atom. The van der Waals surface area contributed by atoms with Gasteiger partial charge in [-0.25, -0.2) is 4.79 Å². The summed E-state index contributed by atoms with van der Waals surface area (Å²) in [6.07, 6.45) is 0.813. The third kappa shape index (κ3) is 2.71. The minimum absolute atomic E-state index is 0.148. The van der Waals surface area contributed by atoms with Crippen LogP contribution in [-0.4, -0.2) is 59.7 Å². The van der Waals surface area contributed by atoms with Crippen molar-refractivity contribution in [3.8, 4) is 0 Å². The van der Waals surface area contributed by atoms with Gasteiger partial charge in [0.2, 0.25) is 0 Å². The van der Waals surface area contributed by atoms with Gasteiger partial charge in [-0.05, 0) is 19.1 Å². The van der Waals surface area contributed by atoms with Crippen LogP contribution in [0, 0.1) is 6.92 Å². The van der Waals surface area contributed by atoms with E-state index in [0.717, 1.165) is 44.0 Å². The highest BCUT2D eigenvalue weighted by Crippen LogP contribution is 2.17. The van der Waals surface area contributed by atoms with Gasteiger partial charge >= 0.3 is 6.09 Å². The molecule has 19 heavy (non-hydrogen) atoms. The number of aromatic nitrogens is 1. The predicted molar refractivity (Wildman–Crippen MR) is 71.0 cm³/mol. The molecule has 0 radical (unpaired) electrons. The molecule has 3 heterocycles. The molecule has 1 aromatic heterocycles. The summed E-state index contributed by atoms with van der Waals surface area (Å²) in [4.78, 5) is 20.2. The predicted octanol–water partition coefficient (Wildman–Crippen LogP) is 1.07. The van der Waals surface area contributed by atoms with Crippen molar-refractivity contribution < 1.29 is 9.53 Å². The fraction of sp³-hybridized carbons (Fsp3) is 0.571. The van der Waals surface area contributed by atoms with Crippen molar-refractivity contribution in [3.05, 3.63) is 29.6 Å². The second-order valence-corrected chi connectivity index (χ2v) is 5.25. The van der Waals surface area contributed by atoms with E-state index in [1.807, 2.05) is 17.9 Å². The Balaban J connectivity index is 1.53. The summed E-state index contributed by atoms with van der Waals surface area (Å²) in [5, 5.41) is 0. The smallest absolute Gasteiger partial charge is 0.410 e. The summed E-state index contributed by atoms with van der Waals surface area (Å²) in [5.74, 6) is 0. The molecule has 2 aliphatic heterocycles. The Bertz CT molecular complexity index is 478. The van der Waals surface area contributed by atoms with Crippen LogP contribution in [0.2, 0.25) is 0 Å². The lowest BCUT2D eigenvalue weighted by atomic mass is 10.1. The van der Waals surface area contributed by atoms with Gasteiger partial charge in [0.25, 0.3) is 0 Å². The average molecular weight is 261 g/mol. The number of rotatable bonds is 3. The summed E-state index contributed by atoms with van der Waals surface area (Å²) in [5.41, 5.74) is 2.21. The molecule has 0 aliphatic carbocycles. The quantitative estimate of drug-likeness (QED) is 0.816. The molecule has 2 saturated heterocycles. The number of amides is 1. The maximum absolute atomic E-state index is 11.4. The van der Waals surface area contributed by atoms with E-state index in [1.165, 1.54) is 0 Å². The summed E-state index contributed by atoms with van der Waals surface area (Å²) < 4.78 is 5.07. The monoisotopic (exact) mass is 261 g/mol. The first-order valence-electron chi connectivity index (χ1n) is 6.80. The Kier molecular flexibility index (Phi) is 3.38. The number of carbonyl (C=O) groups excluding carboxylic acids is 1. The van der Waals surface area contributed by atoms with Crippen molar-refractivity contribution >= 4 is 6.09 Å². The van der Waals surface area contributed by atoms with Crippen LogP contribution in [0.15, 0.2) is 18.2 Å². The van der Waals surface area contributed by atoms with Gasteiger partial charge in [-0.1, -0.05) is 6.07 Å². The van der Waals surface area contributed by atoms with E-state index in [0.29, 0.717) is 6.61 Å². The summed E-state index contributed by atoms with van der Waals surface area (Å²) in [6, 6.07) is 6.39. The normalized spacial score (nSPS) is 23.3. The maximum atomic E-state index is 11.4. The number of hydrogen-bond acceptors (Lipinski definition) is 4. The van der Waals surface area contributed by atoms with Crippen LogP contribution in [0.4, 0.5) is 4.79 Å². The summed E-state index contributed by atoms with van der Waals surface area (Å²) >= 11 is 0. The van der Waals surface area contributed by atoms with Gasteiger partial charge in [-0.15, -0.1) is 0 Å². The molecule has 102 valence electrons. The number of carbonyl (C=O) groups is 1. The van der Waals surface area contributed by atoms with E-state index in [1.54, 1.807) is 0 Å². The number of cyclic esters (lactones) is 1. The molecule has 0 bridgehead atoms. The summed E-state index contributed by atoms with van der Waals surface area (Å²) in [7, 11) is 0. The molecule has 5 heteroatoms. The topological polar surface area (TPSA) is 45.7 Å². The van der Waals surface area contributed by atoms with Crippen molar-refractivity contribution in [1.82, 2.24) is 14.8 Å². The number of pyridine rings is 1. The van der Waals surface area contributed by atoms with Crippen molar-refractivity contribution in [2.75, 3.05) is 32.8 Å². The highest BCUT2D eigenvalue weighted by atomic mass is 16.6. The molecule has 5 nitrogen and oxygen atoms in total. The molecule has 1 unspecified atom stereocenters. The Morgan fingerprint density at radius 2 is 2.32 bits per heavy atom. The standard InChI is InChI=1S/C14H19N3O2/c1-11-3-2-4-12(15-11)5-6-16-7-8-17-13(9-16)10-19-14(17)18/h2-4,13H,5-10H2,1H3.